The molecule has 5 rings (SSSR count). The van der Waals surface area contributed by atoms with Crippen molar-refractivity contribution >= 4 is 35.6 Å². The summed E-state index contributed by atoms with van der Waals surface area (Å²) in [5.74, 6) is 4.23. The highest BCUT2D eigenvalue weighted by Crippen LogP contribution is 2.25. The first-order chi connectivity index (χ1) is 18.7. The van der Waals surface area contributed by atoms with Crippen LogP contribution in [0.1, 0.15) is 49.7 Å². The molecule has 0 atom stereocenters. The molecule has 1 N–H and O–H groups in total. The lowest BCUT2D eigenvalue weighted by atomic mass is 10.1. The van der Waals surface area contributed by atoms with Crippen LogP contribution in [0.2, 0.25) is 0 Å². The molecule has 1 aromatic heterocycles. The van der Waals surface area contributed by atoms with Gasteiger partial charge in [-0.1, -0.05) is 29.8 Å². The van der Waals surface area contributed by atoms with E-state index in [9.17, 15) is 0 Å². The maximum atomic E-state index is 6.10. The van der Waals surface area contributed by atoms with Crippen LogP contribution in [-0.2, 0) is 0 Å². The Labute approximate surface area is 230 Å². The summed E-state index contributed by atoms with van der Waals surface area (Å²) < 4.78 is 6.10. The molecule has 2 aromatic carbocycles. The minimum atomic E-state index is 0.626. The van der Waals surface area contributed by atoms with Crippen molar-refractivity contribution in [1.29, 1.82) is 0 Å². The molecule has 2 fully saturated rings. The SMILES string of the molecule is Cc1ccc(SCCOc2ccccc2/C=N\Nc2cc(N3CCCCC3)nc(N3CCCCC3)n2)cc1. The highest BCUT2D eigenvalue weighted by molar-refractivity contribution is 7.99. The van der Waals surface area contributed by atoms with Crippen LogP contribution in [0, 0.1) is 6.92 Å². The summed E-state index contributed by atoms with van der Waals surface area (Å²) in [6, 6.07) is 18.6. The molecule has 8 heteroatoms. The van der Waals surface area contributed by atoms with E-state index in [0.29, 0.717) is 6.61 Å². The summed E-state index contributed by atoms with van der Waals surface area (Å²) >= 11 is 1.80. The number of nitrogens with one attached hydrogen (secondary N) is 1. The van der Waals surface area contributed by atoms with Crippen LogP contribution in [0.3, 0.4) is 0 Å². The van der Waals surface area contributed by atoms with E-state index in [2.05, 4.69) is 51.5 Å². The van der Waals surface area contributed by atoms with Crippen LogP contribution in [0.5, 0.6) is 5.75 Å². The number of nitrogens with zero attached hydrogens (tertiary/aromatic N) is 5. The van der Waals surface area contributed by atoms with Gasteiger partial charge in [0.2, 0.25) is 5.95 Å². The smallest absolute Gasteiger partial charge is 0.229 e. The molecule has 2 aliphatic heterocycles. The average Bonchev–Trinajstić information content (AvgIpc) is 2.98. The number of hydrogen-bond acceptors (Lipinski definition) is 8. The third kappa shape index (κ3) is 7.40. The second kappa shape index (κ2) is 13.5. The molecule has 2 aliphatic rings. The van der Waals surface area contributed by atoms with Gasteiger partial charge in [-0.05, 0) is 69.7 Å². The molecule has 0 unspecified atom stereocenters. The maximum Gasteiger partial charge on any atom is 0.229 e. The second-order valence-corrected chi connectivity index (χ2v) is 11.1. The molecule has 200 valence electrons. The third-order valence-electron chi connectivity index (χ3n) is 6.95. The predicted molar refractivity (Wildman–Crippen MR) is 159 cm³/mol. The molecule has 3 heterocycles. The van der Waals surface area contributed by atoms with E-state index >= 15 is 0 Å². The van der Waals surface area contributed by atoms with Gasteiger partial charge >= 0.3 is 0 Å². The molecular weight excluding hydrogens is 492 g/mol. The number of anilines is 3. The molecule has 0 spiro atoms. The monoisotopic (exact) mass is 530 g/mol. The number of thioether (sulfide) groups is 1. The zero-order valence-corrected chi connectivity index (χ0v) is 23.1. The molecule has 38 heavy (non-hydrogen) atoms. The average molecular weight is 531 g/mol. The van der Waals surface area contributed by atoms with Gasteiger partial charge in [0.25, 0.3) is 0 Å². The largest absolute Gasteiger partial charge is 0.492 e. The van der Waals surface area contributed by atoms with E-state index in [-0.39, 0.29) is 0 Å². The van der Waals surface area contributed by atoms with Crippen LogP contribution < -0.4 is 20.0 Å². The van der Waals surface area contributed by atoms with Crippen molar-refractivity contribution in [1.82, 2.24) is 9.97 Å². The number of aromatic nitrogens is 2. The van der Waals surface area contributed by atoms with Gasteiger partial charge in [0.1, 0.15) is 11.6 Å². The molecule has 2 saturated heterocycles. The van der Waals surface area contributed by atoms with E-state index in [1.54, 1.807) is 11.8 Å². The maximum absolute atomic E-state index is 6.10. The van der Waals surface area contributed by atoms with E-state index in [4.69, 9.17) is 14.7 Å². The van der Waals surface area contributed by atoms with Crippen molar-refractivity contribution in [3.8, 4) is 5.75 Å². The first-order valence-corrected chi connectivity index (χ1v) is 14.8. The van der Waals surface area contributed by atoms with E-state index in [1.807, 2.05) is 36.5 Å². The van der Waals surface area contributed by atoms with Gasteiger partial charge in [-0.15, -0.1) is 11.8 Å². The van der Waals surface area contributed by atoms with Gasteiger partial charge in [-0.3, -0.25) is 5.43 Å². The fraction of sp³-hybridized carbons (Fsp3) is 0.433. The van der Waals surface area contributed by atoms with Crippen molar-refractivity contribution in [2.75, 3.05) is 53.8 Å². The topological polar surface area (TPSA) is 65.9 Å². The first kappa shape index (κ1) is 26.4. The Balaban J connectivity index is 1.23. The number of rotatable bonds is 10. The van der Waals surface area contributed by atoms with E-state index in [0.717, 1.165) is 60.8 Å². The Morgan fingerprint density at radius 1 is 0.895 bits per heavy atom. The Morgan fingerprint density at radius 3 is 2.37 bits per heavy atom. The highest BCUT2D eigenvalue weighted by Gasteiger charge is 2.19. The van der Waals surface area contributed by atoms with Gasteiger partial charge in [0.05, 0.1) is 12.8 Å². The standard InChI is InChI=1S/C30H38N6OS/c1-24-12-14-26(15-13-24)38-21-20-37-27-11-5-4-10-25(27)23-31-34-28-22-29(35-16-6-2-7-17-35)33-30(32-28)36-18-8-3-9-19-36/h4-5,10-15,22-23H,2-3,6-9,16-21H2,1H3,(H,32,33,34)/b31-23-. The van der Waals surface area contributed by atoms with E-state index in [1.165, 1.54) is 49.0 Å². The van der Waals surface area contributed by atoms with Crippen molar-refractivity contribution in [2.24, 2.45) is 5.10 Å². The van der Waals surface area contributed by atoms with Crippen LogP contribution in [0.15, 0.2) is 64.6 Å². The Hall–Kier alpha value is -3.26. The number of para-hydroxylation sites is 1. The minimum Gasteiger partial charge on any atom is -0.492 e. The second-order valence-electron chi connectivity index (χ2n) is 9.92. The zero-order valence-electron chi connectivity index (χ0n) is 22.3. The molecular formula is C30H38N6OS. The lowest BCUT2D eigenvalue weighted by Crippen LogP contribution is -2.33. The van der Waals surface area contributed by atoms with Crippen LogP contribution in [0.4, 0.5) is 17.6 Å². The molecule has 0 bridgehead atoms. The number of ether oxygens (including phenoxy) is 1. The van der Waals surface area contributed by atoms with E-state index < -0.39 is 0 Å². The molecule has 0 saturated carbocycles. The molecule has 3 aromatic rings. The summed E-state index contributed by atoms with van der Waals surface area (Å²) in [7, 11) is 0. The number of benzene rings is 2. The number of hydrogen-bond donors (Lipinski definition) is 1. The van der Waals surface area contributed by atoms with Crippen molar-refractivity contribution in [3.63, 3.8) is 0 Å². The first-order valence-electron chi connectivity index (χ1n) is 13.8. The Bertz CT molecular complexity index is 1150. The molecule has 0 amide bonds. The fourth-order valence-electron chi connectivity index (χ4n) is 4.83. The molecule has 7 nitrogen and oxygen atoms in total. The van der Waals surface area contributed by atoms with Crippen LogP contribution >= 0.6 is 11.8 Å². The minimum absolute atomic E-state index is 0.626. The van der Waals surface area contributed by atoms with Crippen molar-refractivity contribution in [2.45, 2.75) is 50.3 Å². The number of hydrazone groups is 1. The summed E-state index contributed by atoms with van der Waals surface area (Å²) in [6.45, 7) is 6.86. The lowest BCUT2D eigenvalue weighted by Gasteiger charge is -2.31. The van der Waals surface area contributed by atoms with Gasteiger partial charge in [-0.25, -0.2) is 0 Å². The zero-order chi connectivity index (χ0) is 26.0. The quantitative estimate of drug-likeness (QED) is 0.141. The predicted octanol–water partition coefficient (Wildman–Crippen LogP) is 6.38. The molecule has 0 radical (unpaired) electrons. The van der Waals surface area contributed by atoms with Gasteiger partial charge < -0.3 is 14.5 Å². The lowest BCUT2D eigenvalue weighted by molar-refractivity contribution is 0.343. The molecule has 0 aliphatic carbocycles. The van der Waals surface area contributed by atoms with Crippen LogP contribution in [-0.4, -0.2) is 54.7 Å². The van der Waals surface area contributed by atoms with Crippen molar-refractivity contribution < 1.29 is 4.74 Å². The van der Waals surface area contributed by atoms with Crippen molar-refractivity contribution in [3.05, 3.63) is 65.7 Å². The summed E-state index contributed by atoms with van der Waals surface area (Å²) in [4.78, 5) is 15.7. The normalized spacial score (nSPS) is 16.1. The fourth-order valence-corrected chi connectivity index (χ4v) is 5.56. The van der Waals surface area contributed by atoms with Crippen LogP contribution in [0.25, 0.3) is 0 Å². The Morgan fingerprint density at radius 2 is 1.61 bits per heavy atom. The highest BCUT2D eigenvalue weighted by atomic mass is 32.2. The van der Waals surface area contributed by atoms with Gasteiger partial charge in [0.15, 0.2) is 5.82 Å². The number of aryl methyl sites for hydroxylation is 1. The summed E-state index contributed by atoms with van der Waals surface area (Å²) in [5, 5.41) is 4.54. The third-order valence-corrected chi connectivity index (χ3v) is 7.93. The summed E-state index contributed by atoms with van der Waals surface area (Å²) in [6.07, 6.45) is 9.20. The summed E-state index contributed by atoms with van der Waals surface area (Å²) in [5.41, 5.74) is 5.39. The number of piperidine rings is 2. The van der Waals surface area contributed by atoms with Gasteiger partial charge in [-0.2, -0.15) is 15.1 Å². The van der Waals surface area contributed by atoms with Gasteiger partial charge in [0, 0.05) is 48.5 Å². The Kier molecular flexibility index (Phi) is 9.37.